The van der Waals surface area contributed by atoms with E-state index in [0.29, 0.717) is 6.54 Å². The van der Waals surface area contributed by atoms with Crippen LogP contribution in [-0.2, 0) is 0 Å². The summed E-state index contributed by atoms with van der Waals surface area (Å²) in [7, 11) is 0. The number of hydrogen-bond acceptors (Lipinski definition) is 3. The lowest BCUT2D eigenvalue weighted by molar-refractivity contribution is 0.0456. The minimum atomic E-state index is -0.621. The largest absolute Gasteiger partial charge is 0.388 e. The molecule has 0 aliphatic carbocycles. The molecule has 1 aromatic rings. The first kappa shape index (κ1) is 12.0. The maximum Gasteiger partial charge on any atom is 0.128 e. The lowest BCUT2D eigenvalue weighted by Gasteiger charge is -2.25. The Morgan fingerprint density at radius 1 is 1.40 bits per heavy atom. The van der Waals surface area contributed by atoms with Gasteiger partial charge in [0, 0.05) is 12.7 Å². The van der Waals surface area contributed by atoms with E-state index in [9.17, 15) is 5.11 Å². The van der Waals surface area contributed by atoms with Crippen LogP contribution in [0, 0.1) is 6.92 Å². The van der Waals surface area contributed by atoms with Crippen LogP contribution in [0.15, 0.2) is 18.3 Å². The lowest BCUT2D eigenvalue weighted by Crippen LogP contribution is -2.35. The van der Waals surface area contributed by atoms with Crippen LogP contribution < -0.4 is 5.32 Å². The highest BCUT2D eigenvalue weighted by molar-refractivity contribution is 5.42. The number of rotatable bonds is 5. The van der Waals surface area contributed by atoms with Gasteiger partial charge in [-0.1, -0.05) is 19.9 Å². The van der Waals surface area contributed by atoms with Gasteiger partial charge in [-0.25, -0.2) is 4.98 Å². The van der Waals surface area contributed by atoms with E-state index in [0.717, 1.165) is 24.2 Å². The predicted octanol–water partition coefficient (Wildman–Crippen LogP) is 2.35. The number of nitrogens with one attached hydrogen (secondary N) is 1. The summed E-state index contributed by atoms with van der Waals surface area (Å²) in [5, 5.41) is 13.3. The van der Waals surface area contributed by atoms with Gasteiger partial charge in [0.2, 0.25) is 0 Å². The van der Waals surface area contributed by atoms with Crippen LogP contribution in [0.3, 0.4) is 0 Å². The number of anilines is 1. The minimum absolute atomic E-state index is 0.553. The smallest absolute Gasteiger partial charge is 0.128 e. The molecule has 0 radical (unpaired) electrons. The molecule has 0 unspecified atom stereocenters. The summed E-state index contributed by atoms with van der Waals surface area (Å²) in [4.78, 5) is 4.23. The van der Waals surface area contributed by atoms with Crippen molar-refractivity contribution in [1.82, 2.24) is 4.98 Å². The Kier molecular flexibility index (Phi) is 4.09. The molecule has 0 fully saturated rings. The average molecular weight is 208 g/mol. The highest BCUT2D eigenvalue weighted by Crippen LogP contribution is 2.16. The van der Waals surface area contributed by atoms with Gasteiger partial charge >= 0.3 is 0 Å². The number of aromatic nitrogens is 1. The zero-order valence-corrected chi connectivity index (χ0v) is 9.75. The second kappa shape index (κ2) is 5.12. The molecule has 0 aromatic carbocycles. The van der Waals surface area contributed by atoms with Crippen molar-refractivity contribution >= 4 is 5.82 Å². The van der Waals surface area contributed by atoms with Gasteiger partial charge in [0.05, 0.1) is 5.60 Å². The molecule has 0 aliphatic rings. The number of nitrogens with zero attached hydrogens (tertiary/aromatic N) is 1. The van der Waals surface area contributed by atoms with Crippen molar-refractivity contribution < 1.29 is 5.11 Å². The molecule has 0 amide bonds. The molecule has 0 saturated carbocycles. The van der Waals surface area contributed by atoms with Crippen molar-refractivity contribution in [2.45, 2.75) is 39.2 Å². The van der Waals surface area contributed by atoms with E-state index in [1.807, 2.05) is 32.9 Å². The topological polar surface area (TPSA) is 45.1 Å². The summed E-state index contributed by atoms with van der Waals surface area (Å²) < 4.78 is 0. The van der Waals surface area contributed by atoms with Crippen molar-refractivity contribution in [1.29, 1.82) is 0 Å². The second-order valence-electron chi connectivity index (χ2n) is 3.95. The van der Waals surface area contributed by atoms with E-state index in [4.69, 9.17) is 0 Å². The third kappa shape index (κ3) is 3.20. The third-order valence-corrected chi connectivity index (χ3v) is 2.91. The Labute approximate surface area is 91.5 Å². The van der Waals surface area contributed by atoms with Crippen molar-refractivity contribution in [3.63, 3.8) is 0 Å². The molecule has 1 aromatic heterocycles. The summed E-state index contributed by atoms with van der Waals surface area (Å²) in [6.07, 6.45) is 3.26. The Morgan fingerprint density at radius 3 is 2.60 bits per heavy atom. The Balaban J connectivity index is 2.61. The normalized spacial score (nSPS) is 11.5. The summed E-state index contributed by atoms with van der Waals surface area (Å²) in [5.74, 6) is 0.859. The highest BCUT2D eigenvalue weighted by atomic mass is 16.3. The van der Waals surface area contributed by atoms with Crippen LogP contribution in [0.25, 0.3) is 0 Å². The molecule has 3 heteroatoms. The van der Waals surface area contributed by atoms with E-state index in [-0.39, 0.29) is 0 Å². The molecule has 0 aliphatic heterocycles. The number of hydrogen-bond donors (Lipinski definition) is 2. The average Bonchev–Trinajstić information content (AvgIpc) is 2.28. The standard InChI is InChI=1S/C12H20N2O/c1-4-12(15,5-2)9-14-11-10(3)7-6-8-13-11/h6-8,15H,4-5,9H2,1-3H3,(H,13,14). The van der Waals surface area contributed by atoms with E-state index in [2.05, 4.69) is 10.3 Å². The molecular weight excluding hydrogens is 188 g/mol. The second-order valence-corrected chi connectivity index (χ2v) is 3.95. The SMILES string of the molecule is CCC(O)(CC)CNc1ncccc1C. The first-order valence-corrected chi connectivity index (χ1v) is 5.49. The molecule has 0 saturated heterocycles. The fraction of sp³-hybridized carbons (Fsp3) is 0.583. The summed E-state index contributed by atoms with van der Waals surface area (Å²) in [6.45, 7) is 6.55. The number of aryl methyl sites for hydroxylation is 1. The summed E-state index contributed by atoms with van der Waals surface area (Å²) in [5.41, 5.74) is 0.483. The van der Waals surface area contributed by atoms with Crippen LogP contribution >= 0.6 is 0 Å². The van der Waals surface area contributed by atoms with Crippen molar-refractivity contribution in [2.75, 3.05) is 11.9 Å². The molecular formula is C12H20N2O. The zero-order valence-electron chi connectivity index (χ0n) is 9.75. The van der Waals surface area contributed by atoms with E-state index in [1.165, 1.54) is 0 Å². The maximum atomic E-state index is 10.1. The van der Waals surface area contributed by atoms with Gasteiger partial charge in [-0.05, 0) is 31.4 Å². The van der Waals surface area contributed by atoms with E-state index >= 15 is 0 Å². The minimum Gasteiger partial charge on any atom is -0.388 e. The van der Waals surface area contributed by atoms with Crippen molar-refractivity contribution in [2.24, 2.45) is 0 Å². The fourth-order valence-corrected chi connectivity index (χ4v) is 1.42. The van der Waals surface area contributed by atoms with E-state index < -0.39 is 5.60 Å². The Bertz CT molecular complexity index is 308. The van der Waals surface area contributed by atoms with Gasteiger partial charge in [0.25, 0.3) is 0 Å². The molecule has 0 bridgehead atoms. The number of pyridine rings is 1. The number of aliphatic hydroxyl groups is 1. The summed E-state index contributed by atoms with van der Waals surface area (Å²) >= 11 is 0. The maximum absolute atomic E-state index is 10.1. The lowest BCUT2D eigenvalue weighted by atomic mass is 9.97. The Morgan fingerprint density at radius 2 is 2.07 bits per heavy atom. The van der Waals surface area contributed by atoms with Crippen LogP contribution in [-0.4, -0.2) is 22.2 Å². The van der Waals surface area contributed by atoms with Crippen molar-refractivity contribution in [3.05, 3.63) is 23.9 Å². The van der Waals surface area contributed by atoms with Crippen LogP contribution in [0.1, 0.15) is 32.3 Å². The van der Waals surface area contributed by atoms with E-state index in [1.54, 1.807) is 6.20 Å². The summed E-state index contributed by atoms with van der Waals surface area (Å²) in [6, 6.07) is 3.92. The Hall–Kier alpha value is -1.09. The van der Waals surface area contributed by atoms with Crippen LogP contribution in [0.5, 0.6) is 0 Å². The predicted molar refractivity (Wildman–Crippen MR) is 63.0 cm³/mol. The van der Waals surface area contributed by atoms with Gasteiger partial charge in [0.15, 0.2) is 0 Å². The van der Waals surface area contributed by atoms with Crippen molar-refractivity contribution in [3.8, 4) is 0 Å². The zero-order chi connectivity index (χ0) is 11.3. The van der Waals surface area contributed by atoms with Gasteiger partial charge in [-0.2, -0.15) is 0 Å². The molecule has 2 N–H and O–H groups in total. The molecule has 0 atom stereocenters. The van der Waals surface area contributed by atoms with Crippen LogP contribution in [0.2, 0.25) is 0 Å². The first-order valence-electron chi connectivity index (χ1n) is 5.49. The van der Waals surface area contributed by atoms with Gasteiger partial charge in [-0.15, -0.1) is 0 Å². The third-order valence-electron chi connectivity index (χ3n) is 2.91. The van der Waals surface area contributed by atoms with Crippen LogP contribution in [0.4, 0.5) is 5.82 Å². The molecule has 0 spiro atoms. The highest BCUT2D eigenvalue weighted by Gasteiger charge is 2.21. The molecule has 1 heterocycles. The van der Waals surface area contributed by atoms with Gasteiger partial charge < -0.3 is 10.4 Å². The first-order chi connectivity index (χ1) is 7.11. The van der Waals surface area contributed by atoms with Gasteiger partial charge in [0.1, 0.15) is 5.82 Å². The quantitative estimate of drug-likeness (QED) is 0.780. The fourth-order valence-electron chi connectivity index (χ4n) is 1.42. The monoisotopic (exact) mass is 208 g/mol. The molecule has 15 heavy (non-hydrogen) atoms. The molecule has 3 nitrogen and oxygen atoms in total. The molecule has 1 rings (SSSR count). The molecule has 84 valence electrons. The van der Waals surface area contributed by atoms with Gasteiger partial charge in [-0.3, -0.25) is 0 Å².